The second-order valence-electron chi connectivity index (χ2n) is 12.1. The highest BCUT2D eigenvalue weighted by Crippen LogP contribution is 2.42. The van der Waals surface area contributed by atoms with Crippen molar-refractivity contribution in [1.29, 1.82) is 0 Å². The molecule has 0 spiro atoms. The van der Waals surface area contributed by atoms with E-state index < -0.39 is 17.5 Å². The second-order valence-corrected chi connectivity index (χ2v) is 12.5. The van der Waals surface area contributed by atoms with E-state index in [9.17, 15) is 9.59 Å². The molecule has 0 saturated carbocycles. The Hall–Kier alpha value is -3.71. The molecule has 0 aliphatic rings. The highest BCUT2D eigenvalue weighted by molar-refractivity contribution is 6.33. The quantitative estimate of drug-likeness (QED) is 0.277. The first kappa shape index (κ1) is 30.8. The third kappa shape index (κ3) is 7.69. The van der Waals surface area contributed by atoms with Gasteiger partial charge in [0.15, 0.2) is 0 Å². The zero-order chi connectivity index (χ0) is 30.0. The average Bonchev–Trinajstić information content (AvgIpc) is 3.38. The molecule has 0 bridgehead atoms. The Morgan fingerprint density at radius 1 is 1.20 bits per heavy atom. The zero-order valence-electron chi connectivity index (χ0n) is 24.1. The van der Waals surface area contributed by atoms with E-state index in [2.05, 4.69) is 41.2 Å². The first-order chi connectivity index (χ1) is 18.5. The van der Waals surface area contributed by atoms with Crippen LogP contribution < -0.4 is 5.32 Å². The van der Waals surface area contributed by atoms with Crippen molar-refractivity contribution in [2.45, 2.75) is 86.3 Å². The molecule has 1 aromatic carbocycles. The van der Waals surface area contributed by atoms with Gasteiger partial charge in [-0.3, -0.25) is 14.8 Å². The van der Waals surface area contributed by atoms with Crippen molar-refractivity contribution in [1.82, 2.24) is 14.9 Å². The maximum atomic E-state index is 15.4. The second kappa shape index (κ2) is 11.8. The van der Waals surface area contributed by atoms with E-state index in [-0.39, 0.29) is 63.4 Å². The number of halogens is 2. The summed E-state index contributed by atoms with van der Waals surface area (Å²) in [5, 5.41) is 10.8. The van der Waals surface area contributed by atoms with Gasteiger partial charge in [0, 0.05) is 24.1 Å². The number of carbonyl (C=O) groups is 2. The molecule has 40 heavy (non-hydrogen) atoms. The molecule has 2 heterocycles. The van der Waals surface area contributed by atoms with E-state index >= 15 is 4.39 Å². The maximum Gasteiger partial charge on any atom is 0.412 e. The molecule has 2 aromatic heterocycles. The lowest BCUT2D eigenvalue weighted by Crippen LogP contribution is -2.28. The van der Waals surface area contributed by atoms with E-state index in [1.807, 2.05) is 13.8 Å². The van der Waals surface area contributed by atoms with E-state index in [0.29, 0.717) is 12.2 Å². The van der Waals surface area contributed by atoms with Gasteiger partial charge in [-0.05, 0) is 52.0 Å². The summed E-state index contributed by atoms with van der Waals surface area (Å²) in [5.74, 6) is -0.521. The molecule has 9 nitrogen and oxygen atoms in total. The Balaban J connectivity index is 1.87. The highest BCUT2D eigenvalue weighted by atomic mass is 35.5. The van der Waals surface area contributed by atoms with Crippen LogP contribution in [0.3, 0.4) is 0 Å². The predicted octanol–water partition coefficient (Wildman–Crippen LogP) is 7.75. The molecule has 1 amide bonds. The van der Waals surface area contributed by atoms with Gasteiger partial charge < -0.3 is 9.26 Å². The van der Waals surface area contributed by atoms with E-state index in [0.717, 1.165) is 5.69 Å². The fraction of sp³-hybridized carbons (Fsp3) is 0.483. The molecule has 3 rings (SSSR count). The Kier molecular flexibility index (Phi) is 9.10. The van der Waals surface area contributed by atoms with Crippen LogP contribution in [0.1, 0.15) is 78.4 Å². The lowest BCUT2D eigenvalue weighted by atomic mass is 9.90. The Bertz CT molecular complexity index is 1450. The minimum Gasteiger partial charge on any atom is -0.444 e. The highest BCUT2D eigenvalue weighted by Gasteiger charge is 2.27. The molecule has 0 unspecified atom stereocenters. The molecule has 11 heteroatoms. The van der Waals surface area contributed by atoms with Crippen LogP contribution >= 0.6 is 11.6 Å². The molecule has 1 N–H and O–H groups in total. The number of nitrogens with zero attached hydrogens (tertiary/aromatic N) is 4. The number of ketones is 1. The minimum absolute atomic E-state index is 0.0129. The number of carbonyl (C=O) groups excluding carboxylic acids is 2. The van der Waals surface area contributed by atoms with Gasteiger partial charge in [0.2, 0.25) is 0 Å². The van der Waals surface area contributed by atoms with Crippen molar-refractivity contribution in [3.8, 4) is 11.3 Å². The number of aromatic nitrogens is 3. The topological polar surface area (TPSA) is 104 Å². The first-order valence-corrected chi connectivity index (χ1v) is 13.3. The average molecular weight is 572 g/mol. The Morgan fingerprint density at radius 2 is 1.88 bits per heavy atom. The molecule has 0 radical (unpaired) electrons. The molecule has 0 fully saturated rings. The summed E-state index contributed by atoms with van der Waals surface area (Å²) in [7, 11) is 0. The summed E-state index contributed by atoms with van der Waals surface area (Å²) < 4.78 is 27.5. The van der Waals surface area contributed by atoms with Crippen molar-refractivity contribution < 1.29 is 23.2 Å². The summed E-state index contributed by atoms with van der Waals surface area (Å²) >= 11 is 6.43. The summed E-state index contributed by atoms with van der Waals surface area (Å²) in [5.41, 5.74) is 0.375. The maximum absolute atomic E-state index is 15.4. The number of rotatable bonds is 8. The molecule has 3 aromatic rings. The van der Waals surface area contributed by atoms with E-state index in [1.165, 1.54) is 16.8 Å². The van der Waals surface area contributed by atoms with E-state index in [1.54, 1.807) is 26.8 Å². The van der Waals surface area contributed by atoms with Crippen LogP contribution in [-0.4, -0.2) is 32.4 Å². The smallest absolute Gasteiger partial charge is 0.412 e. The van der Waals surface area contributed by atoms with Gasteiger partial charge >= 0.3 is 6.09 Å². The van der Waals surface area contributed by atoms with Gasteiger partial charge in [-0.15, -0.1) is 0 Å². The summed E-state index contributed by atoms with van der Waals surface area (Å²) in [6.07, 6.45) is -0.294. The number of ether oxygens (including phenoxy) is 1. The van der Waals surface area contributed by atoms with Crippen molar-refractivity contribution in [2.75, 3.05) is 5.32 Å². The van der Waals surface area contributed by atoms with Crippen LogP contribution in [0.2, 0.25) is 5.02 Å². The Labute approximate surface area is 238 Å². The molecular formula is C29H35ClFN5O4. The summed E-state index contributed by atoms with van der Waals surface area (Å²) in [4.78, 5) is 28.7. The Morgan fingerprint density at radius 3 is 2.45 bits per heavy atom. The molecule has 0 atom stereocenters. The number of hydrogen-bond acceptors (Lipinski definition) is 6. The molecule has 0 aliphatic carbocycles. The van der Waals surface area contributed by atoms with E-state index in [4.69, 9.17) is 27.4 Å². The van der Waals surface area contributed by atoms with Crippen molar-refractivity contribution >= 4 is 35.0 Å². The predicted molar refractivity (Wildman–Crippen MR) is 151 cm³/mol. The van der Waals surface area contributed by atoms with Crippen molar-refractivity contribution in [3.05, 3.63) is 57.5 Å². The lowest BCUT2D eigenvalue weighted by Gasteiger charge is -2.20. The molecule has 0 aliphatic heterocycles. The van der Waals surface area contributed by atoms with Crippen LogP contribution in [0.25, 0.3) is 16.1 Å². The third-order valence-electron chi connectivity index (χ3n) is 5.60. The van der Waals surface area contributed by atoms with Gasteiger partial charge in [0.25, 0.3) is 5.69 Å². The van der Waals surface area contributed by atoms with Crippen LogP contribution in [0.5, 0.6) is 0 Å². The monoisotopic (exact) mass is 571 g/mol. The van der Waals surface area contributed by atoms with Gasteiger partial charge in [0.05, 0.1) is 23.7 Å². The van der Waals surface area contributed by atoms with Gasteiger partial charge in [0.1, 0.15) is 34.5 Å². The number of hydrogen-bond donors (Lipinski definition) is 1. The molecule has 0 saturated heterocycles. The van der Waals surface area contributed by atoms with Crippen LogP contribution in [0.15, 0.2) is 22.7 Å². The summed E-state index contributed by atoms with van der Waals surface area (Å²) in [6.45, 7) is 22.8. The SMILES string of the molecule is [C-]#[N+]c1c(-c2ccc(CC(=O)Cc3cc(CC(C)(C)C)no3)c(F)c2Cl)nn(C(C)C)c1NC(=O)OC(C)(C)C. The third-order valence-corrected chi connectivity index (χ3v) is 5.97. The van der Waals surface area contributed by atoms with Crippen molar-refractivity contribution in [3.63, 3.8) is 0 Å². The fourth-order valence-corrected chi connectivity index (χ4v) is 4.32. The van der Waals surface area contributed by atoms with Crippen LogP contribution in [0, 0.1) is 17.8 Å². The largest absolute Gasteiger partial charge is 0.444 e. The minimum atomic E-state index is -0.782. The summed E-state index contributed by atoms with van der Waals surface area (Å²) in [6, 6.07) is 4.46. The normalized spacial score (nSPS) is 11.9. The van der Waals surface area contributed by atoms with Crippen molar-refractivity contribution in [2.24, 2.45) is 5.41 Å². The van der Waals surface area contributed by atoms with Crippen LogP contribution in [0.4, 0.5) is 20.7 Å². The number of nitrogens with one attached hydrogen (secondary N) is 1. The number of anilines is 1. The number of Topliss-reactive ketones (excluding diaryl/α,β-unsaturated/α-hetero) is 1. The molecular weight excluding hydrogens is 537 g/mol. The van der Waals surface area contributed by atoms with Gasteiger partial charge in [-0.1, -0.05) is 49.7 Å². The standard InChI is InChI=1S/C29H35ClFN5O4/c1-16(2)36-26(33-27(38)39-29(6,7)8)25(32-9)24(34-36)21-11-10-17(23(31)22(21)30)12-19(37)14-20-13-18(35-40-20)15-28(3,4)5/h10-11,13,16H,12,14-15H2,1-8H3,(H,33,38). The molecule has 214 valence electrons. The fourth-order valence-electron chi connectivity index (χ4n) is 4.05. The number of amides is 1. The van der Waals surface area contributed by atoms with Gasteiger partial charge in [-0.25, -0.2) is 14.0 Å². The first-order valence-electron chi connectivity index (χ1n) is 12.9. The van der Waals surface area contributed by atoms with Crippen LogP contribution in [-0.2, 0) is 28.8 Å². The number of benzene rings is 1. The lowest BCUT2D eigenvalue weighted by molar-refractivity contribution is -0.118. The van der Waals surface area contributed by atoms with Gasteiger partial charge in [-0.2, -0.15) is 5.10 Å². The zero-order valence-corrected chi connectivity index (χ0v) is 24.9.